The summed E-state index contributed by atoms with van der Waals surface area (Å²) in [6.07, 6.45) is 3.51. The van der Waals surface area contributed by atoms with E-state index in [2.05, 4.69) is 22.4 Å². The number of unbranched alkanes of at least 4 members (excludes halogenated alkanes) is 1. The molecule has 2 unspecified atom stereocenters. The lowest BCUT2D eigenvalue weighted by molar-refractivity contribution is -0.143. The van der Waals surface area contributed by atoms with Crippen LogP contribution in [0.5, 0.6) is 0 Å². The number of carboxylic acid groups (broad SMARTS) is 1. The molecule has 1 amide bonds. The molecule has 2 aromatic rings. The number of aliphatic hydroxyl groups excluding tert-OH is 1. The number of nitrogens with one attached hydrogen (secondary N) is 2. The van der Waals surface area contributed by atoms with Gasteiger partial charge in [-0.15, -0.1) is 0 Å². The Kier molecular flexibility index (Phi) is 8.00. The summed E-state index contributed by atoms with van der Waals surface area (Å²) >= 11 is 0. The van der Waals surface area contributed by atoms with Gasteiger partial charge in [-0.1, -0.05) is 43.7 Å². The van der Waals surface area contributed by atoms with Gasteiger partial charge in [0.25, 0.3) is 5.91 Å². The first-order chi connectivity index (χ1) is 13.0. The molecule has 0 saturated carbocycles. The smallest absolute Gasteiger partial charge is 0.308 e. The lowest BCUT2D eigenvalue weighted by Crippen LogP contribution is -2.40. The molecular formula is C20H27N3O4. The molecule has 4 N–H and O–H groups in total. The average molecular weight is 373 g/mol. The molecule has 2 rings (SSSR count). The van der Waals surface area contributed by atoms with Gasteiger partial charge in [0.05, 0.1) is 12.5 Å². The van der Waals surface area contributed by atoms with Crippen LogP contribution in [0.25, 0.3) is 0 Å². The third-order valence-electron chi connectivity index (χ3n) is 4.46. The Bertz CT molecular complexity index is 730. The van der Waals surface area contributed by atoms with Crippen LogP contribution < -0.4 is 5.32 Å². The quantitative estimate of drug-likeness (QED) is 0.482. The fourth-order valence-electron chi connectivity index (χ4n) is 2.92. The number of aromatic nitrogens is 2. The van der Waals surface area contributed by atoms with Gasteiger partial charge in [-0.3, -0.25) is 14.7 Å². The summed E-state index contributed by atoms with van der Waals surface area (Å²) < 4.78 is 0. The standard InChI is InChI=1S/C20H27N3O4/c1-2-3-9-16-12-18(23-22-16)19(25)21-17(11-15(13-24)20(26)27)10-14-7-5-4-6-8-14/h4-8,12,15,17,24H,2-3,9-11,13H2,1H3,(H,21,25)(H,22,23)(H,26,27). The molecule has 1 aromatic heterocycles. The zero-order valence-corrected chi connectivity index (χ0v) is 15.5. The number of aliphatic hydroxyl groups is 1. The molecule has 0 aliphatic rings. The lowest BCUT2D eigenvalue weighted by Gasteiger charge is -2.21. The number of aliphatic carboxylic acids is 1. The van der Waals surface area contributed by atoms with Crippen molar-refractivity contribution >= 4 is 11.9 Å². The van der Waals surface area contributed by atoms with E-state index < -0.39 is 24.5 Å². The van der Waals surface area contributed by atoms with E-state index in [0.717, 1.165) is 30.5 Å². The summed E-state index contributed by atoms with van der Waals surface area (Å²) in [6, 6.07) is 10.8. The normalized spacial score (nSPS) is 13.1. The zero-order valence-electron chi connectivity index (χ0n) is 15.5. The van der Waals surface area contributed by atoms with Crippen LogP contribution in [0.15, 0.2) is 36.4 Å². The maximum atomic E-state index is 12.6. The van der Waals surface area contributed by atoms with E-state index in [1.807, 2.05) is 30.3 Å². The number of benzene rings is 1. The largest absolute Gasteiger partial charge is 0.481 e. The Morgan fingerprint density at radius 2 is 2.00 bits per heavy atom. The van der Waals surface area contributed by atoms with Crippen molar-refractivity contribution < 1.29 is 19.8 Å². The Balaban J connectivity index is 2.08. The van der Waals surface area contributed by atoms with Crippen LogP contribution in [-0.2, 0) is 17.6 Å². The van der Waals surface area contributed by atoms with Crippen LogP contribution in [0.1, 0.15) is 47.9 Å². The van der Waals surface area contributed by atoms with E-state index in [4.69, 9.17) is 0 Å². The number of nitrogens with zero attached hydrogens (tertiary/aromatic N) is 1. The highest BCUT2D eigenvalue weighted by Crippen LogP contribution is 2.13. The maximum absolute atomic E-state index is 12.6. The fraction of sp³-hybridized carbons (Fsp3) is 0.450. The van der Waals surface area contributed by atoms with Crippen molar-refractivity contribution in [2.45, 2.75) is 45.1 Å². The Morgan fingerprint density at radius 1 is 1.26 bits per heavy atom. The summed E-state index contributed by atoms with van der Waals surface area (Å²) in [5.74, 6) is -2.36. The molecule has 0 radical (unpaired) electrons. The topological polar surface area (TPSA) is 115 Å². The van der Waals surface area contributed by atoms with Crippen molar-refractivity contribution in [1.29, 1.82) is 0 Å². The second kappa shape index (κ2) is 10.5. The number of carbonyl (C=O) groups is 2. The number of H-pyrrole nitrogens is 1. The zero-order chi connectivity index (χ0) is 19.6. The summed E-state index contributed by atoms with van der Waals surface area (Å²) in [6.45, 7) is 1.62. The second-order valence-electron chi connectivity index (χ2n) is 6.70. The van der Waals surface area contributed by atoms with E-state index >= 15 is 0 Å². The van der Waals surface area contributed by atoms with E-state index in [1.54, 1.807) is 6.07 Å². The van der Waals surface area contributed by atoms with Gasteiger partial charge in [0.2, 0.25) is 0 Å². The SMILES string of the molecule is CCCCc1cc(C(=O)NC(Cc2ccccc2)CC(CO)C(=O)O)n[nH]1. The number of carbonyl (C=O) groups excluding carboxylic acids is 1. The Hall–Kier alpha value is -2.67. The third-order valence-corrected chi connectivity index (χ3v) is 4.46. The average Bonchev–Trinajstić information content (AvgIpc) is 3.14. The molecule has 146 valence electrons. The molecule has 0 saturated heterocycles. The van der Waals surface area contributed by atoms with Gasteiger partial charge >= 0.3 is 5.97 Å². The minimum atomic E-state index is -1.08. The highest BCUT2D eigenvalue weighted by atomic mass is 16.4. The van der Waals surface area contributed by atoms with E-state index in [0.29, 0.717) is 6.42 Å². The van der Waals surface area contributed by atoms with Gasteiger partial charge in [-0.2, -0.15) is 5.10 Å². The van der Waals surface area contributed by atoms with Gasteiger partial charge in [0, 0.05) is 11.7 Å². The predicted molar refractivity (Wildman–Crippen MR) is 101 cm³/mol. The summed E-state index contributed by atoms with van der Waals surface area (Å²) in [5.41, 5.74) is 2.17. The van der Waals surface area contributed by atoms with Gasteiger partial charge < -0.3 is 15.5 Å². The molecule has 0 bridgehead atoms. The molecule has 7 heteroatoms. The third kappa shape index (κ3) is 6.53. The number of hydrogen-bond donors (Lipinski definition) is 4. The second-order valence-corrected chi connectivity index (χ2v) is 6.70. The van der Waals surface area contributed by atoms with Gasteiger partial charge in [0.15, 0.2) is 0 Å². The monoisotopic (exact) mass is 373 g/mol. The first-order valence-electron chi connectivity index (χ1n) is 9.26. The molecule has 1 aromatic carbocycles. The number of aryl methyl sites for hydroxylation is 1. The number of rotatable bonds is 11. The van der Waals surface area contributed by atoms with Crippen LogP contribution >= 0.6 is 0 Å². The first-order valence-corrected chi connectivity index (χ1v) is 9.26. The van der Waals surface area contributed by atoms with Crippen LogP contribution in [0.4, 0.5) is 0 Å². The van der Waals surface area contributed by atoms with E-state index in [9.17, 15) is 19.8 Å². The number of hydrogen-bond acceptors (Lipinski definition) is 4. The number of carboxylic acids is 1. The van der Waals surface area contributed by atoms with Crippen molar-refractivity contribution in [2.24, 2.45) is 5.92 Å². The van der Waals surface area contributed by atoms with Crippen molar-refractivity contribution in [1.82, 2.24) is 15.5 Å². The van der Waals surface area contributed by atoms with Crippen LogP contribution in [0, 0.1) is 5.92 Å². The first kappa shape index (κ1) is 20.6. The molecule has 0 fully saturated rings. The van der Waals surface area contributed by atoms with E-state index in [-0.39, 0.29) is 18.0 Å². The number of aromatic amines is 1. The molecule has 0 spiro atoms. The molecule has 0 aliphatic carbocycles. The molecule has 0 aliphatic heterocycles. The maximum Gasteiger partial charge on any atom is 0.308 e. The Labute approximate surface area is 158 Å². The minimum absolute atomic E-state index is 0.138. The predicted octanol–water partition coefficient (Wildman–Crippen LogP) is 2.18. The van der Waals surface area contributed by atoms with Gasteiger partial charge in [-0.25, -0.2) is 0 Å². The van der Waals surface area contributed by atoms with Crippen molar-refractivity contribution in [3.8, 4) is 0 Å². The minimum Gasteiger partial charge on any atom is -0.481 e. The van der Waals surface area contributed by atoms with Crippen molar-refractivity contribution in [3.63, 3.8) is 0 Å². The summed E-state index contributed by atoms with van der Waals surface area (Å²) in [7, 11) is 0. The fourth-order valence-corrected chi connectivity index (χ4v) is 2.92. The van der Waals surface area contributed by atoms with Crippen molar-refractivity contribution in [2.75, 3.05) is 6.61 Å². The van der Waals surface area contributed by atoms with Crippen LogP contribution in [-0.4, -0.2) is 44.9 Å². The molecule has 1 heterocycles. The molecular weight excluding hydrogens is 346 g/mol. The van der Waals surface area contributed by atoms with Gasteiger partial charge in [-0.05, 0) is 37.3 Å². The molecule has 27 heavy (non-hydrogen) atoms. The highest BCUT2D eigenvalue weighted by Gasteiger charge is 2.24. The van der Waals surface area contributed by atoms with E-state index in [1.165, 1.54) is 0 Å². The van der Waals surface area contributed by atoms with Crippen LogP contribution in [0.2, 0.25) is 0 Å². The van der Waals surface area contributed by atoms with Gasteiger partial charge in [0.1, 0.15) is 5.69 Å². The summed E-state index contributed by atoms with van der Waals surface area (Å²) in [5, 5.41) is 28.4. The Morgan fingerprint density at radius 3 is 2.63 bits per heavy atom. The lowest BCUT2D eigenvalue weighted by atomic mass is 9.95. The van der Waals surface area contributed by atoms with Crippen molar-refractivity contribution in [3.05, 3.63) is 53.3 Å². The van der Waals surface area contributed by atoms with Crippen LogP contribution in [0.3, 0.4) is 0 Å². The molecule has 2 atom stereocenters. The summed E-state index contributed by atoms with van der Waals surface area (Å²) in [4.78, 5) is 23.9. The number of amides is 1. The molecule has 7 nitrogen and oxygen atoms in total. The highest BCUT2D eigenvalue weighted by molar-refractivity contribution is 5.92.